The summed E-state index contributed by atoms with van der Waals surface area (Å²) in [5, 5.41) is 7.16. The van der Waals surface area contributed by atoms with Crippen molar-refractivity contribution < 1.29 is 13.2 Å². The average molecular weight is 418 g/mol. The van der Waals surface area contributed by atoms with E-state index in [2.05, 4.69) is 15.6 Å². The van der Waals surface area contributed by atoms with Crippen molar-refractivity contribution in [3.8, 4) is 0 Å². The smallest absolute Gasteiger partial charge is 0.336 e. The molecule has 154 valence electrons. The van der Waals surface area contributed by atoms with Crippen LogP contribution in [-0.2, 0) is 5.79 Å². The summed E-state index contributed by atoms with van der Waals surface area (Å²) >= 11 is 0. The molecule has 31 heavy (non-hydrogen) atoms. The largest absolute Gasteiger partial charge is 0.423 e. The van der Waals surface area contributed by atoms with Crippen molar-refractivity contribution >= 4 is 33.8 Å². The zero-order valence-corrected chi connectivity index (χ0v) is 15.9. The number of aliphatic imine (C=N–C) groups is 1. The van der Waals surface area contributed by atoms with Gasteiger partial charge in [0.2, 0.25) is 5.79 Å². The zero-order valence-electron chi connectivity index (χ0n) is 15.9. The Morgan fingerprint density at radius 1 is 0.903 bits per heavy atom. The van der Waals surface area contributed by atoms with Gasteiger partial charge in [0.05, 0.1) is 6.21 Å². The number of rotatable bonds is 3. The van der Waals surface area contributed by atoms with Gasteiger partial charge in [0.1, 0.15) is 17.0 Å². The first kappa shape index (κ1) is 18.8. The topological polar surface area (TPSA) is 123 Å². The fraction of sp³-hybridized carbons (Fsp3) is 0.0455. The Kier molecular flexibility index (Phi) is 4.19. The number of allylic oxidation sites excluding steroid dienone is 1. The minimum absolute atomic E-state index is 0.0222. The lowest BCUT2D eigenvalue weighted by Crippen LogP contribution is -2.51. The van der Waals surface area contributed by atoms with Crippen molar-refractivity contribution in [2.75, 3.05) is 5.32 Å². The molecule has 4 aromatic rings. The van der Waals surface area contributed by atoms with Crippen LogP contribution < -0.4 is 27.6 Å². The third kappa shape index (κ3) is 3.47. The maximum Gasteiger partial charge on any atom is 0.336 e. The van der Waals surface area contributed by atoms with Crippen LogP contribution in [0.5, 0.6) is 0 Å². The maximum absolute atomic E-state index is 14.5. The average Bonchev–Trinajstić information content (AvgIpc) is 2.76. The lowest BCUT2D eigenvalue weighted by Gasteiger charge is -2.32. The van der Waals surface area contributed by atoms with Gasteiger partial charge in [0.25, 0.3) is 0 Å². The van der Waals surface area contributed by atoms with Crippen molar-refractivity contribution in [1.82, 2.24) is 5.32 Å². The van der Waals surface area contributed by atoms with Crippen molar-refractivity contribution in [2.45, 2.75) is 5.79 Å². The normalized spacial score (nSPS) is 18.4. The van der Waals surface area contributed by atoms with E-state index in [1.807, 2.05) is 0 Å². The monoisotopic (exact) mass is 418 g/mol. The van der Waals surface area contributed by atoms with Crippen LogP contribution in [0.2, 0.25) is 0 Å². The predicted octanol–water partition coefficient (Wildman–Crippen LogP) is 2.89. The highest BCUT2D eigenvalue weighted by atomic mass is 19.1. The first-order valence-electron chi connectivity index (χ1n) is 9.27. The number of anilines is 1. The Balaban J connectivity index is 1.46. The Labute approximate surface area is 173 Å². The van der Waals surface area contributed by atoms with Crippen LogP contribution in [-0.4, -0.2) is 6.21 Å². The number of halogens is 1. The molecule has 9 heteroatoms. The van der Waals surface area contributed by atoms with Crippen LogP contribution in [0.1, 0.15) is 5.56 Å². The Hall–Kier alpha value is -4.24. The van der Waals surface area contributed by atoms with Crippen molar-refractivity contribution in [3.63, 3.8) is 0 Å². The molecule has 4 N–H and O–H groups in total. The Bertz CT molecular complexity index is 1520. The third-order valence-electron chi connectivity index (χ3n) is 4.88. The number of nitrogens with two attached hydrogens (primary N) is 1. The highest BCUT2D eigenvalue weighted by molar-refractivity contribution is 5.83. The van der Waals surface area contributed by atoms with E-state index in [-0.39, 0.29) is 5.82 Å². The van der Waals surface area contributed by atoms with E-state index in [9.17, 15) is 14.0 Å². The second kappa shape index (κ2) is 6.92. The molecule has 2 aromatic carbocycles. The number of hydrogen-bond acceptors (Lipinski definition) is 8. The standard InChI is InChI=1S/C22H15FN4O4/c23-16-11-25-22(24,14-3-5-17-12(9-14)1-7-19(28)30-17)27-21(16)26-15-4-6-18-13(10-15)2-8-20(29)31-18/h1-11,26-27H,24H2. The van der Waals surface area contributed by atoms with Crippen LogP contribution in [0.3, 0.4) is 0 Å². The molecule has 0 bridgehead atoms. The number of nitrogens with one attached hydrogen (secondary N) is 2. The van der Waals surface area contributed by atoms with E-state index in [0.717, 1.165) is 6.21 Å². The second-order valence-electron chi connectivity index (χ2n) is 7.01. The molecule has 1 aliphatic heterocycles. The molecule has 2 aromatic heterocycles. The van der Waals surface area contributed by atoms with E-state index in [1.165, 1.54) is 12.1 Å². The van der Waals surface area contributed by atoms with Crippen LogP contribution in [0.25, 0.3) is 21.9 Å². The quantitative estimate of drug-likeness (QED) is 0.437. The van der Waals surface area contributed by atoms with Gasteiger partial charge in [-0.3, -0.25) is 5.73 Å². The maximum atomic E-state index is 14.5. The highest BCUT2D eigenvalue weighted by Crippen LogP contribution is 2.27. The molecule has 0 amide bonds. The minimum atomic E-state index is -1.45. The molecule has 0 radical (unpaired) electrons. The van der Waals surface area contributed by atoms with Gasteiger partial charge in [0, 0.05) is 34.2 Å². The summed E-state index contributed by atoms with van der Waals surface area (Å²) in [6.45, 7) is 0. The van der Waals surface area contributed by atoms with Gasteiger partial charge < -0.3 is 19.5 Å². The lowest BCUT2D eigenvalue weighted by atomic mass is 10.0. The van der Waals surface area contributed by atoms with E-state index in [0.29, 0.717) is 33.2 Å². The zero-order chi connectivity index (χ0) is 21.6. The number of nitrogens with zero attached hydrogens (tertiary/aromatic N) is 1. The fourth-order valence-electron chi connectivity index (χ4n) is 3.35. The van der Waals surface area contributed by atoms with E-state index in [1.54, 1.807) is 48.5 Å². The summed E-state index contributed by atoms with van der Waals surface area (Å²) in [5.41, 5.74) is 7.43. The molecule has 1 aliphatic rings. The van der Waals surface area contributed by atoms with Gasteiger partial charge in [-0.25, -0.2) is 19.0 Å². The first-order chi connectivity index (χ1) is 14.9. The Morgan fingerprint density at radius 3 is 2.26 bits per heavy atom. The summed E-state index contributed by atoms with van der Waals surface area (Å²) in [4.78, 5) is 26.8. The highest BCUT2D eigenvalue weighted by Gasteiger charge is 2.31. The lowest BCUT2D eigenvalue weighted by molar-refractivity contribution is 0.387. The summed E-state index contributed by atoms with van der Waals surface area (Å²) in [6, 6.07) is 15.8. The molecule has 0 fully saturated rings. The molecule has 0 aliphatic carbocycles. The molecule has 1 atom stereocenters. The molecular weight excluding hydrogens is 403 g/mol. The van der Waals surface area contributed by atoms with Gasteiger partial charge in [-0.05, 0) is 48.5 Å². The number of hydrogen-bond donors (Lipinski definition) is 3. The molecule has 8 nitrogen and oxygen atoms in total. The van der Waals surface area contributed by atoms with Crippen LogP contribution in [0, 0.1) is 0 Å². The predicted molar refractivity (Wildman–Crippen MR) is 114 cm³/mol. The summed E-state index contributed by atoms with van der Waals surface area (Å²) in [5.74, 6) is -2.06. The summed E-state index contributed by atoms with van der Waals surface area (Å²) in [7, 11) is 0. The van der Waals surface area contributed by atoms with Gasteiger partial charge in [-0.15, -0.1) is 0 Å². The van der Waals surface area contributed by atoms with E-state index in [4.69, 9.17) is 14.6 Å². The number of benzene rings is 2. The van der Waals surface area contributed by atoms with Gasteiger partial charge >= 0.3 is 11.3 Å². The van der Waals surface area contributed by atoms with Crippen LogP contribution >= 0.6 is 0 Å². The van der Waals surface area contributed by atoms with Gasteiger partial charge in [-0.1, -0.05) is 0 Å². The summed E-state index contributed by atoms with van der Waals surface area (Å²) in [6.07, 6.45) is 1.04. The molecular formula is C22H15FN4O4. The van der Waals surface area contributed by atoms with Crippen molar-refractivity contribution in [2.24, 2.45) is 10.7 Å². The molecule has 1 unspecified atom stereocenters. The Morgan fingerprint density at radius 2 is 1.55 bits per heavy atom. The summed E-state index contributed by atoms with van der Waals surface area (Å²) < 4.78 is 24.7. The van der Waals surface area contributed by atoms with E-state index >= 15 is 0 Å². The van der Waals surface area contributed by atoms with Crippen LogP contribution in [0.15, 0.2) is 95.7 Å². The third-order valence-corrected chi connectivity index (χ3v) is 4.88. The molecule has 5 rings (SSSR count). The molecule has 0 saturated heterocycles. The van der Waals surface area contributed by atoms with Crippen molar-refractivity contribution in [1.29, 1.82) is 0 Å². The number of fused-ring (bicyclic) bond motifs is 2. The van der Waals surface area contributed by atoms with E-state index < -0.39 is 22.9 Å². The van der Waals surface area contributed by atoms with Crippen molar-refractivity contribution in [3.05, 3.63) is 98.7 Å². The minimum Gasteiger partial charge on any atom is -0.423 e. The fourth-order valence-corrected chi connectivity index (χ4v) is 3.35. The second-order valence-corrected chi connectivity index (χ2v) is 7.01. The first-order valence-corrected chi connectivity index (χ1v) is 9.27. The SMILES string of the molecule is NC1(c2ccc3oc(=O)ccc3c2)N=CC(F)=C(Nc2ccc3oc(=O)ccc3c2)N1. The van der Waals surface area contributed by atoms with Gasteiger partial charge in [-0.2, -0.15) is 0 Å². The molecule has 0 saturated carbocycles. The molecule has 3 heterocycles. The molecule has 0 spiro atoms. The van der Waals surface area contributed by atoms with Gasteiger partial charge in [0.15, 0.2) is 5.83 Å². The van der Waals surface area contributed by atoms with Crippen LogP contribution in [0.4, 0.5) is 10.1 Å².